The normalized spacial score (nSPS) is 15.1. The van der Waals surface area contributed by atoms with Crippen LogP contribution < -0.4 is 5.73 Å². The van der Waals surface area contributed by atoms with E-state index in [1.54, 1.807) is 18.2 Å². The lowest BCUT2D eigenvalue weighted by molar-refractivity contribution is -0.161. The number of carbonyl (C=O) groups excluding carboxylic acids is 2. The van der Waals surface area contributed by atoms with Crippen molar-refractivity contribution in [2.45, 2.75) is 135 Å². The Balaban J connectivity index is 4.46. The number of rotatable bonds is 38. The monoisotopic (exact) mass is 854 g/mol. The van der Waals surface area contributed by atoms with Gasteiger partial charge in [0.05, 0.1) is 19.3 Å². The zero-order valence-corrected chi connectivity index (χ0v) is 37.4. The van der Waals surface area contributed by atoms with Crippen LogP contribution in [0.25, 0.3) is 0 Å². The first-order valence-corrected chi connectivity index (χ1v) is 23.3. The van der Waals surface area contributed by atoms with E-state index in [2.05, 4.69) is 111 Å². The van der Waals surface area contributed by atoms with E-state index in [1.165, 1.54) is 0 Å². The second-order valence-electron chi connectivity index (χ2n) is 13.6. The highest BCUT2D eigenvalue weighted by Gasteiger charge is 2.25. The first-order chi connectivity index (χ1) is 29.2. The predicted molar refractivity (Wildman–Crippen MR) is 248 cm³/mol. The van der Waals surface area contributed by atoms with Gasteiger partial charge in [-0.2, -0.15) is 0 Å². The second-order valence-corrected chi connectivity index (χ2v) is 15.1. The van der Waals surface area contributed by atoms with Crippen LogP contribution in [0.15, 0.2) is 134 Å². The smallest absolute Gasteiger partial charge is 0.462 e. The molecule has 0 amide bonds. The molecule has 60 heavy (non-hydrogen) atoms. The Labute approximate surface area is 362 Å². The minimum Gasteiger partial charge on any atom is -0.462 e. The van der Waals surface area contributed by atoms with E-state index in [9.17, 15) is 24.2 Å². The lowest BCUT2D eigenvalue weighted by atomic mass is 10.1. The third-order valence-electron chi connectivity index (χ3n) is 8.13. The fourth-order valence-electron chi connectivity index (χ4n) is 4.94. The molecule has 0 aliphatic carbocycles. The first kappa shape index (κ1) is 56.1. The Morgan fingerprint density at radius 1 is 0.583 bits per heavy atom. The van der Waals surface area contributed by atoms with Crippen LogP contribution in [0.3, 0.4) is 0 Å². The molecule has 0 spiro atoms. The zero-order valence-electron chi connectivity index (χ0n) is 36.5. The largest absolute Gasteiger partial charge is 0.472 e. The maximum Gasteiger partial charge on any atom is 0.472 e. The lowest BCUT2D eigenvalue weighted by Crippen LogP contribution is -2.29. The summed E-state index contributed by atoms with van der Waals surface area (Å²) in [7, 11) is -4.44. The minimum absolute atomic E-state index is 0.0150. The van der Waals surface area contributed by atoms with Crippen molar-refractivity contribution in [3.8, 4) is 0 Å². The van der Waals surface area contributed by atoms with E-state index in [1.807, 2.05) is 18.2 Å². The van der Waals surface area contributed by atoms with E-state index in [4.69, 9.17) is 24.3 Å². The molecule has 0 aromatic rings. The maximum atomic E-state index is 12.6. The molecule has 0 saturated carbocycles. The van der Waals surface area contributed by atoms with Crippen molar-refractivity contribution in [1.29, 1.82) is 0 Å². The molecule has 0 aliphatic rings. The van der Waals surface area contributed by atoms with Crippen molar-refractivity contribution in [2.24, 2.45) is 5.73 Å². The SMILES string of the molecule is CC/C=C\C/C=C\C/C=C\C/C=C\C=C/C(O)C/C=C\CCC(=O)OC[C@H](COP(=O)(O)OCCN)OC(=O)CCCCC/C=C\C/C=C\C/C=C\C/C=C\C/C=C\CC. The topological polar surface area (TPSA) is 155 Å². The third-order valence-corrected chi connectivity index (χ3v) is 9.11. The van der Waals surface area contributed by atoms with Gasteiger partial charge in [-0.25, -0.2) is 4.57 Å². The molecule has 0 aromatic carbocycles. The molecule has 0 heterocycles. The van der Waals surface area contributed by atoms with Crippen molar-refractivity contribution in [2.75, 3.05) is 26.4 Å². The number of hydrogen-bond acceptors (Lipinski definition) is 9. The van der Waals surface area contributed by atoms with Crippen molar-refractivity contribution < 1.29 is 42.7 Å². The fraction of sp³-hybridized carbons (Fsp3) is 0.510. The number of allylic oxidation sites excluding steroid dienone is 20. The molecule has 2 unspecified atom stereocenters. The van der Waals surface area contributed by atoms with Crippen molar-refractivity contribution >= 4 is 19.8 Å². The van der Waals surface area contributed by atoms with Crippen LogP contribution in [-0.2, 0) is 32.7 Å². The highest BCUT2D eigenvalue weighted by atomic mass is 31.2. The number of phosphoric ester groups is 1. The average Bonchev–Trinajstić information content (AvgIpc) is 3.23. The van der Waals surface area contributed by atoms with Gasteiger partial charge in [-0.1, -0.05) is 154 Å². The fourth-order valence-corrected chi connectivity index (χ4v) is 5.71. The van der Waals surface area contributed by atoms with Gasteiger partial charge in [0.25, 0.3) is 0 Å². The Kier molecular flexibility index (Phi) is 40.4. The maximum absolute atomic E-state index is 12.6. The van der Waals surface area contributed by atoms with Crippen LogP contribution in [-0.4, -0.2) is 60.5 Å². The van der Waals surface area contributed by atoms with Gasteiger partial charge in [0, 0.05) is 19.4 Å². The van der Waals surface area contributed by atoms with Crippen LogP contribution in [0.2, 0.25) is 0 Å². The average molecular weight is 854 g/mol. The second kappa shape index (κ2) is 43.2. The van der Waals surface area contributed by atoms with Gasteiger partial charge >= 0.3 is 19.8 Å². The van der Waals surface area contributed by atoms with Gasteiger partial charge in [0.1, 0.15) is 6.61 Å². The molecule has 0 radical (unpaired) electrons. The molecular formula is C49H76NO9P. The molecule has 3 atom stereocenters. The van der Waals surface area contributed by atoms with Crippen LogP contribution >= 0.6 is 7.82 Å². The van der Waals surface area contributed by atoms with Crippen molar-refractivity contribution in [3.63, 3.8) is 0 Å². The number of aliphatic hydroxyl groups is 1. The van der Waals surface area contributed by atoms with E-state index in [-0.39, 0.29) is 32.6 Å². The Morgan fingerprint density at radius 3 is 1.65 bits per heavy atom. The third kappa shape index (κ3) is 42.2. The summed E-state index contributed by atoms with van der Waals surface area (Å²) in [5.41, 5.74) is 5.34. The Hall–Kier alpha value is -3.89. The van der Waals surface area contributed by atoms with Gasteiger partial charge in [-0.05, 0) is 89.9 Å². The molecule has 0 aliphatic heterocycles. The van der Waals surface area contributed by atoms with Crippen LogP contribution in [0.5, 0.6) is 0 Å². The van der Waals surface area contributed by atoms with Gasteiger partial charge < -0.3 is 25.2 Å². The molecule has 4 N–H and O–H groups in total. The summed E-state index contributed by atoms with van der Waals surface area (Å²) < 4.78 is 32.6. The summed E-state index contributed by atoms with van der Waals surface area (Å²) in [6.45, 7) is 3.22. The predicted octanol–water partition coefficient (Wildman–Crippen LogP) is 11.7. The molecule has 0 fully saturated rings. The molecule has 0 aromatic heterocycles. The molecule has 0 saturated heterocycles. The standard InChI is InChI=1S/C49H76NO9P/c1-3-5-7-9-11-13-15-17-18-19-20-21-22-24-26-28-30-32-36-41-49(53)59-47(45-58-60(54,55)57-43-42-50)44-56-48(52)40-37-33-35-39-46(51)38-34-31-29-27-25-23-16-14-12-10-8-6-4-2/h5-8,11-14,17-18,20-21,23-26,29,31,33-35,38,46-47,51H,3-4,9-10,15-16,19,22,27-28,30,32,36-37,39-45,50H2,1-2H3,(H,54,55)/b7-5-,8-6-,13-11-,14-12-,18-17-,21-20-,25-23-,26-24-,31-29-,35-33-,38-34-/t46?,47-/m1/s1. The number of esters is 2. The number of nitrogens with two attached hydrogens (primary N) is 1. The molecule has 0 bridgehead atoms. The summed E-state index contributed by atoms with van der Waals surface area (Å²) in [6.07, 6.45) is 56.6. The van der Waals surface area contributed by atoms with Gasteiger partial charge in [0.15, 0.2) is 6.10 Å². The summed E-state index contributed by atoms with van der Waals surface area (Å²) in [5.74, 6) is -1.07. The van der Waals surface area contributed by atoms with Crippen molar-refractivity contribution in [1.82, 2.24) is 0 Å². The molecular weight excluding hydrogens is 778 g/mol. The number of carbonyl (C=O) groups is 2. The summed E-state index contributed by atoms with van der Waals surface area (Å²) in [4.78, 5) is 34.9. The highest BCUT2D eigenvalue weighted by Crippen LogP contribution is 2.43. The van der Waals surface area contributed by atoms with Crippen LogP contribution in [0.1, 0.15) is 123 Å². The van der Waals surface area contributed by atoms with Gasteiger partial charge in [0.2, 0.25) is 0 Å². The number of aliphatic hydroxyl groups excluding tert-OH is 1. The van der Waals surface area contributed by atoms with Gasteiger partial charge in [-0.3, -0.25) is 18.6 Å². The molecule has 10 nitrogen and oxygen atoms in total. The van der Waals surface area contributed by atoms with E-state index in [0.717, 1.165) is 77.0 Å². The quantitative estimate of drug-likeness (QED) is 0.0180. The number of phosphoric acid groups is 1. The van der Waals surface area contributed by atoms with Gasteiger partial charge in [-0.15, -0.1) is 0 Å². The molecule has 0 rings (SSSR count). The molecule has 336 valence electrons. The first-order valence-electron chi connectivity index (χ1n) is 21.8. The summed E-state index contributed by atoms with van der Waals surface area (Å²) >= 11 is 0. The number of unbranched alkanes of at least 4 members (excludes halogenated alkanes) is 3. The number of hydrogen-bond donors (Lipinski definition) is 3. The van der Waals surface area contributed by atoms with Crippen LogP contribution in [0.4, 0.5) is 0 Å². The zero-order chi connectivity index (χ0) is 44.0. The minimum atomic E-state index is -4.44. The van der Waals surface area contributed by atoms with Crippen molar-refractivity contribution in [3.05, 3.63) is 134 Å². The highest BCUT2D eigenvalue weighted by molar-refractivity contribution is 7.47. The van der Waals surface area contributed by atoms with E-state index >= 15 is 0 Å². The number of ether oxygens (including phenoxy) is 2. The lowest BCUT2D eigenvalue weighted by Gasteiger charge is -2.19. The Morgan fingerprint density at radius 2 is 1.10 bits per heavy atom. The Bertz CT molecular complexity index is 1450. The molecule has 11 heteroatoms. The van der Waals surface area contributed by atoms with E-state index < -0.39 is 38.6 Å². The van der Waals surface area contributed by atoms with Crippen LogP contribution in [0, 0.1) is 0 Å². The summed E-state index contributed by atoms with van der Waals surface area (Å²) in [5, 5.41) is 10.2. The summed E-state index contributed by atoms with van der Waals surface area (Å²) in [6, 6.07) is 0. The van der Waals surface area contributed by atoms with E-state index in [0.29, 0.717) is 19.3 Å².